The quantitative estimate of drug-likeness (QED) is 0.773. The molecule has 5 heteroatoms. The van der Waals surface area contributed by atoms with E-state index in [9.17, 15) is 8.42 Å². The first-order valence-electron chi connectivity index (χ1n) is 5.46. The van der Waals surface area contributed by atoms with Crippen LogP contribution in [0.5, 0.6) is 0 Å². The van der Waals surface area contributed by atoms with Crippen LogP contribution in [0.25, 0.3) is 0 Å². The number of nitrogens with two attached hydrogens (primary N) is 1. The standard InChI is InChI=1S/C11H14N2O2S/c12-11(2-3-11)10-6-13-5-8-7-16(14,15)4-1-9(8)10/h5-6H,1-4,7,12H2. The Morgan fingerprint density at radius 2 is 2.06 bits per heavy atom. The Kier molecular flexibility index (Phi) is 1.95. The van der Waals surface area contributed by atoms with E-state index in [1.54, 1.807) is 6.20 Å². The van der Waals surface area contributed by atoms with E-state index < -0.39 is 9.84 Å². The molecule has 0 radical (unpaired) electrons. The van der Waals surface area contributed by atoms with Gasteiger partial charge in [0.2, 0.25) is 0 Å². The van der Waals surface area contributed by atoms with Crippen LogP contribution in [0.3, 0.4) is 0 Å². The summed E-state index contributed by atoms with van der Waals surface area (Å²) in [6, 6.07) is 0. The van der Waals surface area contributed by atoms with Crippen molar-refractivity contribution in [1.29, 1.82) is 0 Å². The summed E-state index contributed by atoms with van der Waals surface area (Å²) in [5, 5.41) is 0. The van der Waals surface area contributed by atoms with Crippen LogP contribution in [0.4, 0.5) is 0 Å². The van der Waals surface area contributed by atoms with Crippen LogP contribution in [0.1, 0.15) is 29.5 Å². The predicted octanol–water partition coefficient (Wildman–Crippen LogP) is 0.500. The highest BCUT2D eigenvalue weighted by Gasteiger charge is 2.43. The van der Waals surface area contributed by atoms with Gasteiger partial charge in [-0.15, -0.1) is 0 Å². The zero-order valence-electron chi connectivity index (χ0n) is 8.94. The van der Waals surface area contributed by atoms with E-state index in [1.165, 1.54) is 0 Å². The highest BCUT2D eigenvalue weighted by molar-refractivity contribution is 7.90. The summed E-state index contributed by atoms with van der Waals surface area (Å²) >= 11 is 0. The minimum absolute atomic E-state index is 0.124. The molecule has 0 spiro atoms. The summed E-state index contributed by atoms with van der Waals surface area (Å²) in [7, 11) is -2.92. The lowest BCUT2D eigenvalue weighted by Gasteiger charge is -2.21. The first-order chi connectivity index (χ1) is 7.50. The smallest absolute Gasteiger partial charge is 0.154 e. The molecule has 1 aliphatic heterocycles. The number of pyridine rings is 1. The molecule has 0 amide bonds. The number of aromatic nitrogens is 1. The van der Waals surface area contributed by atoms with Gasteiger partial charge >= 0.3 is 0 Å². The van der Waals surface area contributed by atoms with Gasteiger partial charge in [-0.1, -0.05) is 0 Å². The molecule has 2 aliphatic rings. The van der Waals surface area contributed by atoms with Crippen LogP contribution in [-0.2, 0) is 27.5 Å². The molecule has 0 saturated heterocycles. The Balaban J connectivity index is 2.12. The van der Waals surface area contributed by atoms with Gasteiger partial charge in [0.1, 0.15) is 0 Å². The second kappa shape index (κ2) is 3.05. The number of nitrogens with zero attached hydrogens (tertiary/aromatic N) is 1. The molecule has 0 bridgehead atoms. The van der Waals surface area contributed by atoms with Crippen LogP contribution in [0, 0.1) is 0 Å². The third kappa shape index (κ3) is 1.55. The Labute approximate surface area is 94.8 Å². The minimum Gasteiger partial charge on any atom is -0.321 e. The maximum atomic E-state index is 11.5. The molecular formula is C11H14N2O2S. The Hall–Kier alpha value is -0.940. The molecule has 0 atom stereocenters. The second-order valence-corrected chi connectivity index (χ2v) is 7.01. The van der Waals surface area contributed by atoms with E-state index in [0.29, 0.717) is 6.42 Å². The van der Waals surface area contributed by atoms with Gasteiger partial charge in [0.25, 0.3) is 0 Å². The van der Waals surface area contributed by atoms with Gasteiger partial charge < -0.3 is 5.73 Å². The lowest BCUT2D eigenvalue weighted by molar-refractivity contribution is 0.590. The van der Waals surface area contributed by atoms with E-state index in [0.717, 1.165) is 29.5 Å². The summed E-state index contributed by atoms with van der Waals surface area (Å²) in [4.78, 5) is 4.13. The van der Waals surface area contributed by atoms with E-state index in [-0.39, 0.29) is 17.0 Å². The monoisotopic (exact) mass is 238 g/mol. The van der Waals surface area contributed by atoms with E-state index in [4.69, 9.17) is 5.73 Å². The van der Waals surface area contributed by atoms with Crippen molar-refractivity contribution in [2.45, 2.75) is 30.6 Å². The minimum atomic E-state index is -2.92. The number of fused-ring (bicyclic) bond motifs is 1. The van der Waals surface area contributed by atoms with Crippen LogP contribution in [0.15, 0.2) is 12.4 Å². The van der Waals surface area contributed by atoms with Crippen LogP contribution >= 0.6 is 0 Å². The van der Waals surface area contributed by atoms with Gasteiger partial charge in [-0.3, -0.25) is 4.98 Å². The SMILES string of the molecule is NC1(c2cncc3c2CCS(=O)(=O)C3)CC1. The van der Waals surface area contributed by atoms with E-state index >= 15 is 0 Å². The average molecular weight is 238 g/mol. The Bertz CT molecular complexity index is 547. The molecule has 1 aliphatic carbocycles. The van der Waals surface area contributed by atoms with Crippen molar-refractivity contribution >= 4 is 9.84 Å². The van der Waals surface area contributed by atoms with Crippen LogP contribution in [-0.4, -0.2) is 19.2 Å². The van der Waals surface area contributed by atoms with Crippen molar-refractivity contribution in [2.75, 3.05) is 5.75 Å². The lowest BCUT2D eigenvalue weighted by atomic mass is 9.96. The Morgan fingerprint density at radius 1 is 1.31 bits per heavy atom. The number of hydrogen-bond acceptors (Lipinski definition) is 4. The third-order valence-electron chi connectivity index (χ3n) is 3.51. The highest BCUT2D eigenvalue weighted by Crippen LogP contribution is 2.45. The molecule has 3 rings (SSSR count). The van der Waals surface area contributed by atoms with Crippen LogP contribution < -0.4 is 5.73 Å². The summed E-state index contributed by atoms with van der Waals surface area (Å²) in [6.07, 6.45) is 6.04. The van der Waals surface area contributed by atoms with Gasteiger partial charge in [-0.25, -0.2) is 8.42 Å². The number of sulfone groups is 1. The zero-order chi connectivity index (χ0) is 11.4. The predicted molar refractivity (Wildman–Crippen MR) is 60.5 cm³/mol. The maximum absolute atomic E-state index is 11.5. The van der Waals surface area contributed by atoms with Gasteiger partial charge in [-0.05, 0) is 36.0 Å². The van der Waals surface area contributed by atoms with Crippen molar-refractivity contribution in [1.82, 2.24) is 4.98 Å². The Morgan fingerprint density at radius 3 is 2.75 bits per heavy atom. The number of rotatable bonds is 1. The van der Waals surface area contributed by atoms with Gasteiger partial charge in [0.05, 0.1) is 11.5 Å². The molecule has 1 fully saturated rings. The fourth-order valence-electron chi connectivity index (χ4n) is 2.35. The summed E-state index contributed by atoms with van der Waals surface area (Å²) in [5.74, 6) is 0.367. The van der Waals surface area contributed by atoms with Gasteiger partial charge in [0.15, 0.2) is 9.84 Å². The first kappa shape index (κ1) is 10.2. The topological polar surface area (TPSA) is 73.0 Å². The molecular weight excluding hydrogens is 224 g/mol. The second-order valence-electron chi connectivity index (χ2n) is 4.82. The zero-order valence-corrected chi connectivity index (χ0v) is 9.76. The third-order valence-corrected chi connectivity index (χ3v) is 5.09. The van der Waals surface area contributed by atoms with Crippen LogP contribution in [0.2, 0.25) is 0 Å². The normalized spacial score (nSPS) is 24.8. The van der Waals surface area contributed by atoms with Crippen molar-refractivity contribution < 1.29 is 8.42 Å². The molecule has 0 aromatic carbocycles. The first-order valence-corrected chi connectivity index (χ1v) is 7.28. The summed E-state index contributed by atoms with van der Waals surface area (Å²) < 4.78 is 23.1. The summed E-state index contributed by atoms with van der Waals surface area (Å²) in [6.45, 7) is 0. The molecule has 1 saturated carbocycles. The van der Waals surface area contributed by atoms with Crippen molar-refractivity contribution in [3.05, 3.63) is 29.1 Å². The van der Waals surface area contributed by atoms with Crippen molar-refractivity contribution in [3.8, 4) is 0 Å². The molecule has 16 heavy (non-hydrogen) atoms. The molecule has 2 heterocycles. The molecule has 0 unspecified atom stereocenters. The molecule has 1 aromatic heterocycles. The largest absolute Gasteiger partial charge is 0.321 e. The van der Waals surface area contributed by atoms with E-state index in [1.807, 2.05) is 6.20 Å². The fourth-order valence-corrected chi connectivity index (χ4v) is 3.73. The maximum Gasteiger partial charge on any atom is 0.154 e. The van der Waals surface area contributed by atoms with Gasteiger partial charge in [-0.2, -0.15) is 0 Å². The molecule has 86 valence electrons. The van der Waals surface area contributed by atoms with Crippen molar-refractivity contribution in [2.24, 2.45) is 5.73 Å². The molecule has 4 nitrogen and oxygen atoms in total. The highest BCUT2D eigenvalue weighted by atomic mass is 32.2. The summed E-state index contributed by atoms with van der Waals surface area (Å²) in [5.41, 5.74) is 8.99. The lowest BCUT2D eigenvalue weighted by Crippen LogP contribution is -2.26. The molecule has 2 N–H and O–H groups in total. The number of hydrogen-bond donors (Lipinski definition) is 1. The van der Waals surface area contributed by atoms with E-state index in [2.05, 4.69) is 4.98 Å². The molecule has 1 aromatic rings. The van der Waals surface area contributed by atoms with Crippen molar-refractivity contribution in [3.63, 3.8) is 0 Å². The average Bonchev–Trinajstić information content (AvgIpc) is 2.95. The fraction of sp³-hybridized carbons (Fsp3) is 0.545. The van der Waals surface area contributed by atoms with Gasteiger partial charge in [0, 0.05) is 17.9 Å².